The number of nitrogens with zero attached hydrogens (tertiary/aromatic N) is 3. The molecule has 3 aliphatic carbocycles. The standard InChI is InChI=1S/C49H68N4O11S/c1-7-32-28-49(32,45(57)51-65(58,59)48(17-18-48)31-60-6)29-40(54)39-25-34-30-53(39)44(56)37(46(2,3)4)26-41(55)64-47(5)27-33(47)13-9-8-10-15-36-42(62-24-21-52-19-22-61-23-20-52)35-14-11-12-16-38(35)50-43(36)63-34/h7,11-12,14,16,32-34,37,39H,1,8-10,13,15,17-31H2,2-6H3,(H,51,57)/t32-,33-,34-,37-,39+,47-,49-/m1/s1. The quantitative estimate of drug-likeness (QED) is 0.195. The van der Waals surface area contributed by atoms with Crippen LogP contribution in [0.4, 0.5) is 0 Å². The molecule has 0 radical (unpaired) electrons. The number of ketones is 1. The molecular weight excluding hydrogens is 853 g/mol. The number of aromatic nitrogens is 1. The van der Waals surface area contributed by atoms with Gasteiger partial charge in [0.05, 0.1) is 61.2 Å². The lowest BCUT2D eigenvalue weighted by Gasteiger charge is -2.35. The molecule has 15 nitrogen and oxygen atoms in total. The van der Waals surface area contributed by atoms with Crippen molar-refractivity contribution in [2.75, 3.05) is 59.7 Å². The van der Waals surface area contributed by atoms with Crippen LogP contribution >= 0.6 is 0 Å². The van der Waals surface area contributed by atoms with Crippen LogP contribution in [0.2, 0.25) is 0 Å². The Morgan fingerprint density at radius 2 is 1.83 bits per heavy atom. The van der Waals surface area contributed by atoms with Crippen LogP contribution in [0.1, 0.15) is 104 Å². The summed E-state index contributed by atoms with van der Waals surface area (Å²) in [5, 5.41) is 0.875. The molecule has 4 heterocycles. The zero-order valence-corrected chi connectivity index (χ0v) is 39.7. The molecule has 356 valence electrons. The Balaban J connectivity index is 1.13. The number of nitrogens with one attached hydrogen (secondary N) is 1. The number of carbonyl (C=O) groups is 4. The molecule has 5 fully saturated rings. The molecule has 2 aromatic rings. The van der Waals surface area contributed by atoms with Gasteiger partial charge in [-0.05, 0) is 75.3 Å². The van der Waals surface area contributed by atoms with Gasteiger partial charge in [0.2, 0.25) is 27.7 Å². The lowest BCUT2D eigenvalue weighted by Crippen LogP contribution is -2.49. The number of allylic oxidation sites excluding steroid dienone is 1. The van der Waals surface area contributed by atoms with E-state index in [1.165, 1.54) is 12.0 Å². The number of benzene rings is 1. The monoisotopic (exact) mass is 920 g/mol. The zero-order chi connectivity index (χ0) is 46.4. The van der Waals surface area contributed by atoms with E-state index >= 15 is 4.79 Å². The second-order valence-electron chi connectivity index (χ2n) is 20.8. The third kappa shape index (κ3) is 9.97. The highest BCUT2D eigenvalue weighted by Gasteiger charge is 2.63. The van der Waals surface area contributed by atoms with Crippen molar-refractivity contribution in [2.45, 2.75) is 127 Å². The molecule has 1 aromatic carbocycles. The van der Waals surface area contributed by atoms with E-state index in [-0.39, 0.29) is 50.7 Å². The molecule has 7 atom stereocenters. The summed E-state index contributed by atoms with van der Waals surface area (Å²) in [5.41, 5.74) is -1.12. The summed E-state index contributed by atoms with van der Waals surface area (Å²) in [4.78, 5) is 66.7. The average molecular weight is 921 g/mol. The Morgan fingerprint density at radius 1 is 1.08 bits per heavy atom. The molecule has 0 spiro atoms. The second kappa shape index (κ2) is 18.5. The average Bonchev–Trinajstić information content (AvgIpc) is 4.22. The van der Waals surface area contributed by atoms with Crippen molar-refractivity contribution >= 4 is 44.5 Å². The second-order valence-corrected chi connectivity index (χ2v) is 22.9. The topological polar surface area (TPSA) is 180 Å². The molecular formula is C49H68N4O11S. The molecule has 65 heavy (non-hydrogen) atoms. The largest absolute Gasteiger partial charge is 0.491 e. The number of sulfonamides is 1. The van der Waals surface area contributed by atoms with Crippen molar-refractivity contribution < 1.29 is 51.3 Å². The van der Waals surface area contributed by atoms with E-state index in [9.17, 15) is 22.8 Å². The van der Waals surface area contributed by atoms with E-state index in [0.29, 0.717) is 56.2 Å². The number of hydrogen-bond donors (Lipinski definition) is 1. The molecule has 8 rings (SSSR count). The van der Waals surface area contributed by atoms with Crippen LogP contribution in [0.25, 0.3) is 10.9 Å². The Hall–Kier alpha value is -4.12. The minimum atomic E-state index is -4.12. The Bertz CT molecular complexity index is 2270. The van der Waals surface area contributed by atoms with E-state index in [2.05, 4.69) is 16.2 Å². The molecule has 3 saturated carbocycles. The van der Waals surface area contributed by atoms with Crippen molar-refractivity contribution in [3.8, 4) is 11.6 Å². The lowest BCUT2D eigenvalue weighted by atomic mass is 9.77. The molecule has 3 aliphatic heterocycles. The highest BCUT2D eigenvalue weighted by molar-refractivity contribution is 7.91. The molecule has 16 heteroatoms. The van der Waals surface area contributed by atoms with Crippen LogP contribution in [0, 0.1) is 28.6 Å². The highest BCUT2D eigenvalue weighted by Crippen LogP contribution is 2.57. The van der Waals surface area contributed by atoms with Gasteiger partial charge < -0.3 is 28.6 Å². The molecule has 1 aromatic heterocycles. The number of methoxy groups -OCH3 is 1. The SMILES string of the molecule is C=C[C@@H]1C[C@]1(CC(=O)[C@@H]1C[C@@H]2CN1C(=O)[C@H](C(C)(C)C)CC(=O)O[C@]1(C)C[C@H]1CCCCCc1c(nc3ccccc3c1OCCN1CCOCC1)O2)C(=O)NS(=O)(=O)C1(COC)CC1. The van der Waals surface area contributed by atoms with Gasteiger partial charge in [-0.3, -0.25) is 28.8 Å². The number of fused-ring (bicyclic) bond motifs is 5. The third-order valence-corrected chi connectivity index (χ3v) is 17.2. The smallest absolute Gasteiger partial charge is 0.307 e. The predicted octanol–water partition coefficient (Wildman–Crippen LogP) is 5.56. The highest BCUT2D eigenvalue weighted by atomic mass is 32.2. The van der Waals surface area contributed by atoms with Gasteiger partial charge >= 0.3 is 5.97 Å². The number of esters is 1. The van der Waals surface area contributed by atoms with E-state index in [1.807, 2.05) is 52.0 Å². The van der Waals surface area contributed by atoms with Gasteiger partial charge in [0.15, 0.2) is 5.78 Å². The number of hydrogen-bond acceptors (Lipinski definition) is 13. The molecule has 6 aliphatic rings. The van der Waals surface area contributed by atoms with Crippen molar-refractivity contribution in [3.63, 3.8) is 0 Å². The van der Waals surface area contributed by atoms with Gasteiger partial charge in [0.1, 0.15) is 28.8 Å². The number of morpholine rings is 1. The van der Waals surface area contributed by atoms with E-state index < -0.39 is 72.8 Å². The number of para-hydroxylation sites is 1. The van der Waals surface area contributed by atoms with Gasteiger partial charge in [-0.15, -0.1) is 6.58 Å². The maximum Gasteiger partial charge on any atom is 0.307 e. The molecule has 2 saturated heterocycles. The van der Waals surface area contributed by atoms with E-state index in [1.54, 1.807) is 6.08 Å². The van der Waals surface area contributed by atoms with Crippen molar-refractivity contribution in [1.29, 1.82) is 0 Å². The molecule has 2 amide bonds. The fourth-order valence-electron chi connectivity index (χ4n) is 10.5. The summed E-state index contributed by atoms with van der Waals surface area (Å²) >= 11 is 0. The van der Waals surface area contributed by atoms with Crippen LogP contribution in [-0.4, -0.2) is 129 Å². The minimum absolute atomic E-state index is 0.0236. The Labute approximate surface area is 383 Å². The lowest BCUT2D eigenvalue weighted by molar-refractivity contribution is -0.158. The van der Waals surface area contributed by atoms with Gasteiger partial charge in [0, 0.05) is 50.9 Å². The first-order valence-electron chi connectivity index (χ1n) is 23.7. The van der Waals surface area contributed by atoms with Gasteiger partial charge in [-0.2, -0.15) is 0 Å². The van der Waals surface area contributed by atoms with Crippen molar-refractivity contribution in [1.82, 2.24) is 19.5 Å². The van der Waals surface area contributed by atoms with Crippen LogP contribution in [-0.2, 0) is 49.8 Å². The number of rotatable bonds is 13. The zero-order valence-electron chi connectivity index (χ0n) is 38.9. The van der Waals surface area contributed by atoms with E-state index in [0.717, 1.165) is 62.7 Å². The summed E-state index contributed by atoms with van der Waals surface area (Å²) in [5.74, 6) is -1.94. The minimum Gasteiger partial charge on any atom is -0.491 e. The first kappa shape index (κ1) is 47.4. The fraction of sp³-hybridized carbons (Fsp3) is 0.694. The van der Waals surface area contributed by atoms with Crippen molar-refractivity contribution in [3.05, 3.63) is 42.5 Å². The first-order valence-corrected chi connectivity index (χ1v) is 25.2. The number of Topliss-reactive ketones (excluding diaryl/α,β-unsaturated/α-hetero) is 1. The predicted molar refractivity (Wildman–Crippen MR) is 243 cm³/mol. The molecule has 0 unspecified atom stereocenters. The summed E-state index contributed by atoms with van der Waals surface area (Å²) in [6.45, 7) is 15.8. The van der Waals surface area contributed by atoms with Gasteiger partial charge in [0.25, 0.3) is 0 Å². The van der Waals surface area contributed by atoms with Crippen LogP contribution in [0.5, 0.6) is 11.6 Å². The normalized spacial score (nSPS) is 30.7. The maximum atomic E-state index is 15.1. The summed E-state index contributed by atoms with van der Waals surface area (Å²) in [6, 6.07) is 6.79. The van der Waals surface area contributed by atoms with Crippen LogP contribution in [0.3, 0.4) is 0 Å². The number of pyridine rings is 1. The van der Waals surface area contributed by atoms with Crippen LogP contribution < -0.4 is 14.2 Å². The summed E-state index contributed by atoms with van der Waals surface area (Å²) in [6.07, 6.45) is 6.49. The summed E-state index contributed by atoms with van der Waals surface area (Å²) in [7, 11) is -2.70. The Kier molecular flexibility index (Phi) is 13.5. The fourth-order valence-corrected chi connectivity index (χ4v) is 12.1. The number of carbonyl (C=O) groups excluding carboxylic acids is 4. The third-order valence-electron chi connectivity index (χ3n) is 15.1. The number of ether oxygens (including phenoxy) is 5. The molecule has 1 N–H and O–H groups in total. The summed E-state index contributed by atoms with van der Waals surface area (Å²) < 4.78 is 58.7. The van der Waals surface area contributed by atoms with E-state index in [4.69, 9.17) is 28.7 Å². The first-order chi connectivity index (χ1) is 30.9. The maximum absolute atomic E-state index is 15.1. The number of amides is 2. The van der Waals surface area contributed by atoms with Crippen LogP contribution in [0.15, 0.2) is 36.9 Å². The molecule has 2 bridgehead atoms. The van der Waals surface area contributed by atoms with Crippen molar-refractivity contribution in [2.24, 2.45) is 28.6 Å². The van der Waals surface area contributed by atoms with Gasteiger partial charge in [-0.25, -0.2) is 13.4 Å². The van der Waals surface area contributed by atoms with Gasteiger partial charge in [-0.1, -0.05) is 51.8 Å². The Morgan fingerprint density at radius 3 is 2.52 bits per heavy atom.